The molecule has 2 aliphatic rings. The zero-order chi connectivity index (χ0) is 22.6. The third kappa shape index (κ3) is 5.50. The number of pyridine rings is 1. The van der Waals surface area contributed by atoms with Gasteiger partial charge in [0.2, 0.25) is 5.91 Å². The van der Waals surface area contributed by atoms with Crippen molar-refractivity contribution < 1.29 is 4.79 Å². The summed E-state index contributed by atoms with van der Waals surface area (Å²) in [6.45, 7) is 8.73. The molecule has 1 amide bonds. The number of nitrogens with one attached hydrogen (secondary N) is 3. The molecule has 0 spiro atoms. The summed E-state index contributed by atoms with van der Waals surface area (Å²) in [4.78, 5) is 21.9. The number of hydrogen-bond donors (Lipinski definition) is 5. The minimum Gasteiger partial charge on any atom is -0.367 e. The molecule has 31 heavy (non-hydrogen) atoms. The highest BCUT2D eigenvalue weighted by atomic mass is 16.2. The van der Waals surface area contributed by atoms with E-state index in [-0.39, 0.29) is 18.0 Å². The molecule has 2 saturated heterocycles. The predicted octanol–water partition coefficient (Wildman–Crippen LogP) is -0.684. The van der Waals surface area contributed by atoms with Crippen molar-refractivity contribution in [2.75, 3.05) is 56.5 Å². The monoisotopic (exact) mass is 429 g/mol. The number of rotatable bonds is 6. The number of likely N-dealkylation sites (N-methyl/N-ethyl adjacent to an activating group) is 1. The van der Waals surface area contributed by atoms with Gasteiger partial charge in [-0.25, -0.2) is 0 Å². The van der Waals surface area contributed by atoms with Crippen LogP contribution < -0.4 is 32.3 Å². The topological polar surface area (TPSA) is 148 Å². The first kappa shape index (κ1) is 23.4. The van der Waals surface area contributed by atoms with Crippen LogP contribution in [0.1, 0.15) is 13.8 Å². The number of hydrogen-bond acceptors (Lipinski definition) is 9. The number of carbonyl (C=O) groups is 1. The maximum atomic E-state index is 13.2. The standard InChI is InChI=1S/C21H35N9O/c1-21(2,13-22)14-10-26-19(27-11-14)17(18(23)24)20(31)28-15-12-25-5-4-16(15)30-8-6-29(3)7-9-30/h4-5,12,14,17-19,26-27H,6-11,23-24H2,1-3H3,(H,28,31). The zero-order valence-electron chi connectivity index (χ0n) is 18.6. The van der Waals surface area contributed by atoms with Crippen LogP contribution in [0.25, 0.3) is 0 Å². The van der Waals surface area contributed by atoms with Crippen LogP contribution in [0.15, 0.2) is 18.5 Å². The molecule has 10 heteroatoms. The number of anilines is 2. The molecule has 170 valence electrons. The van der Waals surface area contributed by atoms with E-state index in [0.29, 0.717) is 18.8 Å². The Labute approximate surface area is 184 Å². The molecule has 10 nitrogen and oxygen atoms in total. The van der Waals surface area contributed by atoms with Crippen molar-refractivity contribution in [1.29, 1.82) is 5.26 Å². The number of carbonyl (C=O) groups excluding carboxylic acids is 1. The molecule has 0 aliphatic carbocycles. The van der Waals surface area contributed by atoms with E-state index >= 15 is 0 Å². The van der Waals surface area contributed by atoms with E-state index in [1.807, 2.05) is 19.9 Å². The van der Waals surface area contributed by atoms with Crippen molar-refractivity contribution in [3.8, 4) is 6.07 Å². The first-order valence-electron chi connectivity index (χ1n) is 10.8. The smallest absolute Gasteiger partial charge is 0.233 e. The Morgan fingerprint density at radius 1 is 1.29 bits per heavy atom. The van der Waals surface area contributed by atoms with E-state index in [2.05, 4.69) is 43.9 Å². The van der Waals surface area contributed by atoms with Gasteiger partial charge in [-0.3, -0.25) is 9.78 Å². The second-order valence-corrected chi connectivity index (χ2v) is 9.10. The van der Waals surface area contributed by atoms with Gasteiger partial charge in [0, 0.05) is 51.4 Å². The minimum absolute atomic E-state index is 0.119. The second-order valence-electron chi connectivity index (χ2n) is 9.10. The number of aromatic nitrogens is 1. The first-order chi connectivity index (χ1) is 14.7. The molecular formula is C21H35N9O. The molecule has 1 aromatic rings. The van der Waals surface area contributed by atoms with Crippen molar-refractivity contribution in [2.45, 2.75) is 26.2 Å². The van der Waals surface area contributed by atoms with Gasteiger partial charge in [0.25, 0.3) is 0 Å². The van der Waals surface area contributed by atoms with Crippen LogP contribution in [0.4, 0.5) is 11.4 Å². The minimum atomic E-state index is -0.853. The van der Waals surface area contributed by atoms with E-state index in [9.17, 15) is 10.1 Å². The van der Waals surface area contributed by atoms with Gasteiger partial charge in [0.15, 0.2) is 0 Å². The van der Waals surface area contributed by atoms with Gasteiger partial charge in [-0.15, -0.1) is 0 Å². The van der Waals surface area contributed by atoms with Crippen molar-refractivity contribution in [3.63, 3.8) is 0 Å². The van der Waals surface area contributed by atoms with Crippen LogP contribution in [0.3, 0.4) is 0 Å². The van der Waals surface area contributed by atoms with Crippen LogP contribution in [0.5, 0.6) is 0 Å². The number of nitrogens with zero attached hydrogens (tertiary/aromatic N) is 4. The van der Waals surface area contributed by atoms with E-state index in [1.54, 1.807) is 12.4 Å². The third-order valence-electron chi connectivity index (χ3n) is 6.45. The van der Waals surface area contributed by atoms with Gasteiger partial charge in [-0.1, -0.05) is 0 Å². The molecule has 0 bridgehead atoms. The summed E-state index contributed by atoms with van der Waals surface area (Å²) in [7, 11) is 2.10. The molecule has 0 aromatic carbocycles. The molecule has 1 atom stereocenters. The van der Waals surface area contributed by atoms with E-state index in [0.717, 1.165) is 31.9 Å². The molecule has 1 unspecified atom stereocenters. The number of amides is 1. The van der Waals surface area contributed by atoms with Gasteiger partial charge in [0.1, 0.15) is 0 Å². The van der Waals surface area contributed by atoms with Gasteiger partial charge in [-0.2, -0.15) is 5.26 Å². The Balaban J connectivity index is 1.69. The zero-order valence-corrected chi connectivity index (χ0v) is 18.6. The normalized spacial score (nSPS) is 24.0. The fourth-order valence-electron chi connectivity index (χ4n) is 4.11. The molecule has 2 aliphatic heterocycles. The van der Waals surface area contributed by atoms with E-state index in [1.165, 1.54) is 0 Å². The first-order valence-corrected chi connectivity index (χ1v) is 10.8. The van der Waals surface area contributed by atoms with Crippen LogP contribution >= 0.6 is 0 Å². The van der Waals surface area contributed by atoms with Crippen molar-refractivity contribution in [1.82, 2.24) is 20.5 Å². The number of nitriles is 1. The maximum absolute atomic E-state index is 13.2. The summed E-state index contributed by atoms with van der Waals surface area (Å²) < 4.78 is 0. The summed E-state index contributed by atoms with van der Waals surface area (Å²) in [6.07, 6.45) is 2.16. The SMILES string of the molecule is CN1CCN(c2ccncc2NC(=O)C(C(N)N)C2NCC(C(C)(C)C#N)CN2)CC1. The molecule has 3 heterocycles. The van der Waals surface area contributed by atoms with Crippen molar-refractivity contribution in [3.05, 3.63) is 18.5 Å². The fourth-order valence-corrected chi connectivity index (χ4v) is 4.11. The average Bonchev–Trinajstić information content (AvgIpc) is 2.75. The third-order valence-corrected chi connectivity index (χ3v) is 6.45. The van der Waals surface area contributed by atoms with Crippen molar-refractivity contribution >= 4 is 17.3 Å². The van der Waals surface area contributed by atoms with Crippen LogP contribution in [0.2, 0.25) is 0 Å². The lowest BCUT2D eigenvalue weighted by atomic mass is 9.78. The summed E-state index contributed by atoms with van der Waals surface area (Å²) in [6, 6.07) is 4.27. The fraction of sp³-hybridized carbons (Fsp3) is 0.667. The Bertz CT molecular complexity index is 790. The predicted molar refractivity (Wildman–Crippen MR) is 121 cm³/mol. The Morgan fingerprint density at radius 2 is 1.94 bits per heavy atom. The second kappa shape index (κ2) is 9.89. The lowest BCUT2D eigenvalue weighted by Gasteiger charge is -2.40. The number of piperazine rings is 1. The Hall–Kier alpha value is -2.29. The molecule has 0 radical (unpaired) electrons. The summed E-state index contributed by atoms with van der Waals surface area (Å²) in [5, 5.41) is 19.0. The van der Waals surface area contributed by atoms with Crippen molar-refractivity contribution in [2.24, 2.45) is 28.7 Å². The van der Waals surface area contributed by atoms with Gasteiger partial charge >= 0.3 is 0 Å². The molecule has 0 saturated carbocycles. The molecule has 2 fully saturated rings. The summed E-state index contributed by atoms with van der Waals surface area (Å²) in [5.74, 6) is -0.832. The Morgan fingerprint density at radius 3 is 2.52 bits per heavy atom. The van der Waals surface area contributed by atoms with Gasteiger partial charge in [-0.05, 0) is 27.0 Å². The van der Waals surface area contributed by atoms with Gasteiger partial charge in [0.05, 0.1) is 47.3 Å². The molecule has 7 N–H and O–H groups in total. The Kier molecular flexibility index (Phi) is 7.46. The van der Waals surface area contributed by atoms with Crippen LogP contribution in [-0.4, -0.2) is 74.4 Å². The van der Waals surface area contributed by atoms with E-state index in [4.69, 9.17) is 11.5 Å². The largest absolute Gasteiger partial charge is 0.367 e. The van der Waals surface area contributed by atoms with Crippen LogP contribution in [0, 0.1) is 28.6 Å². The highest BCUT2D eigenvalue weighted by Gasteiger charge is 2.39. The highest BCUT2D eigenvalue weighted by molar-refractivity contribution is 5.96. The van der Waals surface area contributed by atoms with Crippen LogP contribution in [-0.2, 0) is 4.79 Å². The summed E-state index contributed by atoms with van der Waals surface area (Å²) >= 11 is 0. The van der Waals surface area contributed by atoms with E-state index < -0.39 is 17.5 Å². The molecule has 3 rings (SSSR count). The average molecular weight is 430 g/mol. The summed E-state index contributed by atoms with van der Waals surface area (Å²) in [5.41, 5.74) is 13.2. The quantitative estimate of drug-likeness (QED) is 0.371. The lowest BCUT2D eigenvalue weighted by molar-refractivity contribution is -0.122. The molecular weight excluding hydrogens is 394 g/mol. The molecule has 1 aromatic heterocycles. The lowest BCUT2D eigenvalue weighted by Crippen LogP contribution is -2.65. The highest BCUT2D eigenvalue weighted by Crippen LogP contribution is 2.28. The number of nitrogens with two attached hydrogens (primary N) is 2. The maximum Gasteiger partial charge on any atom is 0.233 e. The van der Waals surface area contributed by atoms with Gasteiger partial charge < -0.3 is 37.2 Å².